The van der Waals surface area contributed by atoms with Crippen LogP contribution < -0.4 is 0 Å². The molecular formula is C23H30BrClN2O2S. The Hall–Kier alpha value is -1.11. The van der Waals surface area contributed by atoms with Gasteiger partial charge in [0.05, 0.1) is 5.01 Å². The molecule has 0 spiro atoms. The van der Waals surface area contributed by atoms with Gasteiger partial charge in [-0.1, -0.05) is 48.3 Å². The molecule has 3 rings (SSSR count). The SMILES string of the molecule is CC(C)(C)OC(=O)N1CCC(c2nc(-c3cc(Br)cc(C(C)(C)C)c3)c(Cl)s2)CC1. The Kier molecular flexibility index (Phi) is 6.90. The number of hydrogen-bond acceptors (Lipinski definition) is 4. The van der Waals surface area contributed by atoms with Crippen LogP contribution in [-0.4, -0.2) is 34.7 Å². The van der Waals surface area contributed by atoms with Crippen molar-refractivity contribution in [1.29, 1.82) is 0 Å². The van der Waals surface area contributed by atoms with Gasteiger partial charge in [0.1, 0.15) is 15.6 Å². The third-order valence-electron chi connectivity index (χ3n) is 5.14. The summed E-state index contributed by atoms with van der Waals surface area (Å²) in [5, 5.41) is 1.05. The average Bonchev–Trinajstić information content (AvgIpc) is 3.01. The third kappa shape index (κ3) is 5.77. The van der Waals surface area contributed by atoms with E-state index in [0.717, 1.165) is 37.9 Å². The second-order valence-electron chi connectivity index (χ2n) is 9.89. The van der Waals surface area contributed by atoms with E-state index in [9.17, 15) is 4.79 Å². The standard InChI is InChI=1S/C23H30BrClN2O2S/c1-22(2,3)16-11-15(12-17(24)13-16)18-19(25)30-20(26-18)14-7-9-27(10-8-14)21(28)29-23(4,5)6/h11-14H,7-10H2,1-6H3. The lowest BCUT2D eigenvalue weighted by Gasteiger charge is -2.32. The highest BCUT2D eigenvalue weighted by atomic mass is 79.9. The van der Waals surface area contributed by atoms with Gasteiger partial charge in [-0.05, 0) is 62.8 Å². The Bertz CT molecular complexity index is 922. The summed E-state index contributed by atoms with van der Waals surface area (Å²) in [6, 6.07) is 6.41. The number of carbonyl (C=O) groups is 1. The Morgan fingerprint density at radius 1 is 1.17 bits per heavy atom. The number of halogens is 2. The van der Waals surface area contributed by atoms with Gasteiger partial charge in [0.15, 0.2) is 0 Å². The lowest BCUT2D eigenvalue weighted by Crippen LogP contribution is -2.41. The maximum absolute atomic E-state index is 12.3. The molecule has 164 valence electrons. The Morgan fingerprint density at radius 3 is 2.37 bits per heavy atom. The summed E-state index contributed by atoms with van der Waals surface area (Å²) in [7, 11) is 0. The predicted octanol–water partition coefficient (Wildman–Crippen LogP) is 7.64. The molecule has 30 heavy (non-hydrogen) atoms. The van der Waals surface area contributed by atoms with Crippen LogP contribution in [0.5, 0.6) is 0 Å². The summed E-state index contributed by atoms with van der Waals surface area (Å²) in [6.45, 7) is 13.6. The number of carbonyl (C=O) groups excluding carboxylic acids is 1. The third-order valence-corrected chi connectivity index (χ3v) is 7.01. The number of benzene rings is 1. The smallest absolute Gasteiger partial charge is 0.410 e. The number of aromatic nitrogens is 1. The van der Waals surface area contributed by atoms with E-state index in [1.165, 1.54) is 5.56 Å². The zero-order valence-electron chi connectivity index (χ0n) is 18.5. The van der Waals surface area contributed by atoms with Gasteiger partial charge in [-0.25, -0.2) is 9.78 Å². The molecule has 0 radical (unpaired) electrons. The molecule has 1 aliphatic rings. The molecule has 0 atom stereocenters. The summed E-state index contributed by atoms with van der Waals surface area (Å²) in [5.41, 5.74) is 2.69. The van der Waals surface area contributed by atoms with Crippen LogP contribution in [0, 0.1) is 0 Å². The van der Waals surface area contributed by atoms with Crippen molar-refractivity contribution in [2.75, 3.05) is 13.1 Å². The van der Waals surface area contributed by atoms with Gasteiger partial charge in [-0.2, -0.15) is 0 Å². The number of hydrogen-bond donors (Lipinski definition) is 0. The largest absolute Gasteiger partial charge is 0.444 e. The molecule has 0 N–H and O–H groups in total. The number of rotatable bonds is 2. The number of amides is 1. The second kappa shape index (κ2) is 8.79. The minimum atomic E-state index is -0.471. The summed E-state index contributed by atoms with van der Waals surface area (Å²) >= 11 is 11.8. The van der Waals surface area contributed by atoms with E-state index >= 15 is 0 Å². The van der Waals surface area contributed by atoms with E-state index < -0.39 is 5.60 Å². The molecule has 0 unspecified atom stereocenters. The fraction of sp³-hybridized carbons (Fsp3) is 0.565. The maximum Gasteiger partial charge on any atom is 0.410 e. The lowest BCUT2D eigenvalue weighted by atomic mass is 9.86. The van der Waals surface area contributed by atoms with Crippen molar-refractivity contribution < 1.29 is 9.53 Å². The molecular weight excluding hydrogens is 484 g/mol. The molecule has 7 heteroatoms. The van der Waals surface area contributed by atoms with Crippen molar-refractivity contribution in [1.82, 2.24) is 9.88 Å². The van der Waals surface area contributed by atoms with Crippen LogP contribution in [0.3, 0.4) is 0 Å². The van der Waals surface area contributed by atoms with Crippen molar-refractivity contribution in [3.05, 3.63) is 37.6 Å². The number of piperidine rings is 1. The first-order valence-corrected chi connectivity index (χ1v) is 12.3. The number of thiazole rings is 1. The van der Waals surface area contributed by atoms with Crippen molar-refractivity contribution >= 4 is 45.0 Å². The van der Waals surface area contributed by atoms with E-state index in [1.807, 2.05) is 20.8 Å². The van der Waals surface area contributed by atoms with Crippen molar-refractivity contribution in [3.8, 4) is 11.3 Å². The first-order chi connectivity index (χ1) is 13.8. The fourth-order valence-corrected chi connectivity index (χ4v) is 5.33. The van der Waals surface area contributed by atoms with Crippen LogP contribution in [0.1, 0.15) is 70.9 Å². The van der Waals surface area contributed by atoms with Crippen molar-refractivity contribution in [2.24, 2.45) is 0 Å². The minimum Gasteiger partial charge on any atom is -0.444 e. The highest BCUT2D eigenvalue weighted by molar-refractivity contribution is 9.10. The quantitative estimate of drug-likeness (QED) is 0.414. The molecule has 1 aromatic heterocycles. The predicted molar refractivity (Wildman–Crippen MR) is 129 cm³/mol. The first kappa shape index (κ1) is 23.6. The van der Waals surface area contributed by atoms with E-state index in [2.05, 4.69) is 54.9 Å². The van der Waals surface area contributed by atoms with Crippen LogP contribution in [-0.2, 0) is 10.2 Å². The molecule has 1 aliphatic heterocycles. The summed E-state index contributed by atoms with van der Waals surface area (Å²) in [6.07, 6.45) is 1.50. The summed E-state index contributed by atoms with van der Waals surface area (Å²) in [4.78, 5) is 19.0. The van der Waals surface area contributed by atoms with E-state index in [-0.39, 0.29) is 11.5 Å². The summed E-state index contributed by atoms with van der Waals surface area (Å²) in [5.74, 6) is 0.314. The fourth-order valence-electron chi connectivity index (χ4n) is 3.46. The molecule has 1 fully saturated rings. The number of likely N-dealkylation sites (tertiary alicyclic amines) is 1. The Labute approximate surface area is 197 Å². The Morgan fingerprint density at radius 2 is 1.80 bits per heavy atom. The molecule has 1 aromatic carbocycles. The van der Waals surface area contributed by atoms with Crippen LogP contribution >= 0.6 is 38.9 Å². The van der Waals surface area contributed by atoms with Gasteiger partial charge in [-0.15, -0.1) is 11.3 Å². The van der Waals surface area contributed by atoms with Gasteiger partial charge in [0, 0.05) is 29.0 Å². The zero-order valence-corrected chi connectivity index (χ0v) is 21.7. The zero-order chi connectivity index (χ0) is 22.3. The average molecular weight is 514 g/mol. The molecule has 2 aromatic rings. The highest BCUT2D eigenvalue weighted by Gasteiger charge is 2.29. The molecule has 2 heterocycles. The lowest BCUT2D eigenvalue weighted by molar-refractivity contribution is 0.0205. The van der Waals surface area contributed by atoms with Gasteiger partial charge >= 0.3 is 6.09 Å². The van der Waals surface area contributed by atoms with Gasteiger partial charge < -0.3 is 9.64 Å². The highest BCUT2D eigenvalue weighted by Crippen LogP contribution is 2.40. The van der Waals surface area contributed by atoms with Crippen LogP contribution in [0.15, 0.2) is 22.7 Å². The molecule has 1 saturated heterocycles. The van der Waals surface area contributed by atoms with Gasteiger partial charge in [-0.3, -0.25) is 0 Å². The normalized spacial score (nSPS) is 16.1. The molecule has 4 nitrogen and oxygen atoms in total. The van der Waals surface area contributed by atoms with Crippen molar-refractivity contribution in [3.63, 3.8) is 0 Å². The van der Waals surface area contributed by atoms with Gasteiger partial charge in [0.25, 0.3) is 0 Å². The molecule has 0 aliphatic carbocycles. The van der Waals surface area contributed by atoms with Crippen LogP contribution in [0.25, 0.3) is 11.3 Å². The van der Waals surface area contributed by atoms with Gasteiger partial charge in [0.2, 0.25) is 0 Å². The number of nitrogens with zero attached hydrogens (tertiary/aromatic N) is 2. The molecule has 1 amide bonds. The Balaban J connectivity index is 1.75. The minimum absolute atomic E-state index is 0.0400. The number of ether oxygens (including phenoxy) is 1. The van der Waals surface area contributed by atoms with Crippen LogP contribution in [0.4, 0.5) is 4.79 Å². The molecule has 0 saturated carbocycles. The second-order valence-corrected chi connectivity index (χ2v) is 12.4. The van der Waals surface area contributed by atoms with Crippen molar-refractivity contribution in [2.45, 2.75) is 71.3 Å². The topological polar surface area (TPSA) is 42.4 Å². The monoisotopic (exact) mass is 512 g/mol. The van der Waals surface area contributed by atoms with Crippen LogP contribution in [0.2, 0.25) is 4.34 Å². The van der Waals surface area contributed by atoms with E-state index in [1.54, 1.807) is 16.2 Å². The molecule has 0 bridgehead atoms. The van der Waals surface area contributed by atoms with E-state index in [4.69, 9.17) is 21.3 Å². The van der Waals surface area contributed by atoms with E-state index in [0.29, 0.717) is 19.0 Å². The first-order valence-electron chi connectivity index (χ1n) is 10.3. The summed E-state index contributed by atoms with van der Waals surface area (Å²) < 4.78 is 7.25. The maximum atomic E-state index is 12.3.